The predicted octanol–water partition coefficient (Wildman–Crippen LogP) is 2.41. The number of ketones is 1. The molecule has 1 atom stereocenters. The Morgan fingerprint density at radius 3 is 2.80 bits per heavy atom. The highest BCUT2D eigenvalue weighted by Gasteiger charge is 2.42. The van der Waals surface area contributed by atoms with Crippen LogP contribution in [0.3, 0.4) is 0 Å². The Labute approximate surface area is 118 Å². The number of carbonyl (C=O) groups excluding carboxylic acids is 1. The Balaban J connectivity index is 1.72. The van der Waals surface area contributed by atoms with Crippen molar-refractivity contribution in [2.45, 2.75) is 44.1 Å². The highest BCUT2D eigenvalue weighted by molar-refractivity contribution is 5.96. The van der Waals surface area contributed by atoms with Gasteiger partial charge in [0.15, 0.2) is 5.78 Å². The minimum atomic E-state index is -0.0432. The first-order valence-electron chi connectivity index (χ1n) is 7.28. The second kappa shape index (κ2) is 5.48. The van der Waals surface area contributed by atoms with Crippen LogP contribution in [0.4, 0.5) is 0 Å². The molecule has 1 aromatic rings. The van der Waals surface area contributed by atoms with Gasteiger partial charge in [0.2, 0.25) is 5.88 Å². The maximum atomic E-state index is 12.5. The molecule has 2 fully saturated rings. The van der Waals surface area contributed by atoms with E-state index in [4.69, 9.17) is 9.47 Å². The highest BCUT2D eigenvalue weighted by Crippen LogP contribution is 2.42. The fraction of sp³-hybridized carbons (Fsp3) is 0.667. The molecule has 1 aliphatic heterocycles. The molecule has 5 heteroatoms. The third kappa shape index (κ3) is 2.54. The molecule has 1 saturated heterocycles. The largest absolute Gasteiger partial charge is 0.480 e. The van der Waals surface area contributed by atoms with Crippen LogP contribution < -0.4 is 4.74 Å². The lowest BCUT2D eigenvalue weighted by molar-refractivity contribution is -0.0866. The smallest absolute Gasteiger partial charge is 0.233 e. The number of methoxy groups -OCH3 is 1. The fourth-order valence-electron chi connectivity index (χ4n) is 3.39. The van der Waals surface area contributed by atoms with Gasteiger partial charge in [0.1, 0.15) is 5.69 Å². The quantitative estimate of drug-likeness (QED) is 0.793. The van der Waals surface area contributed by atoms with Crippen LogP contribution in [0.15, 0.2) is 12.1 Å². The van der Waals surface area contributed by atoms with Gasteiger partial charge in [-0.1, -0.05) is 12.8 Å². The van der Waals surface area contributed by atoms with Gasteiger partial charge in [-0.2, -0.15) is 0 Å². The van der Waals surface area contributed by atoms with Crippen LogP contribution in [-0.4, -0.2) is 35.3 Å². The van der Waals surface area contributed by atoms with Gasteiger partial charge < -0.3 is 9.47 Å². The number of carbonyl (C=O) groups is 1. The monoisotopic (exact) mass is 276 g/mol. The van der Waals surface area contributed by atoms with Gasteiger partial charge >= 0.3 is 0 Å². The molecular weight excluding hydrogens is 256 g/mol. The minimum Gasteiger partial charge on any atom is -0.480 e. The van der Waals surface area contributed by atoms with Crippen LogP contribution in [0.2, 0.25) is 0 Å². The van der Waals surface area contributed by atoms with Crippen molar-refractivity contribution < 1.29 is 14.3 Å². The average molecular weight is 276 g/mol. The molecule has 1 spiro atoms. The summed E-state index contributed by atoms with van der Waals surface area (Å²) in [4.78, 5) is 12.5. The van der Waals surface area contributed by atoms with Crippen LogP contribution in [0, 0.1) is 5.92 Å². The third-order valence-corrected chi connectivity index (χ3v) is 4.48. The molecule has 0 amide bonds. The summed E-state index contributed by atoms with van der Waals surface area (Å²) in [5.74, 6) is 0.542. The van der Waals surface area contributed by atoms with Crippen molar-refractivity contribution in [3.8, 4) is 5.88 Å². The van der Waals surface area contributed by atoms with Crippen LogP contribution in [0.25, 0.3) is 0 Å². The molecule has 1 aliphatic carbocycles. The van der Waals surface area contributed by atoms with Crippen molar-refractivity contribution in [3.63, 3.8) is 0 Å². The van der Waals surface area contributed by atoms with E-state index in [2.05, 4.69) is 10.2 Å². The Kier molecular flexibility index (Phi) is 3.70. The summed E-state index contributed by atoms with van der Waals surface area (Å²) >= 11 is 0. The van der Waals surface area contributed by atoms with Gasteiger partial charge in [-0.25, -0.2) is 0 Å². The summed E-state index contributed by atoms with van der Waals surface area (Å²) in [5, 5.41) is 7.85. The van der Waals surface area contributed by atoms with Gasteiger partial charge in [-0.05, 0) is 31.7 Å². The summed E-state index contributed by atoms with van der Waals surface area (Å²) in [6.45, 7) is 0.681. The van der Waals surface area contributed by atoms with Crippen molar-refractivity contribution in [2.75, 3.05) is 13.7 Å². The molecule has 0 N–H and O–H groups in total. The molecule has 2 heterocycles. The van der Waals surface area contributed by atoms with E-state index in [1.165, 1.54) is 20.0 Å². The maximum absolute atomic E-state index is 12.5. The molecule has 2 aliphatic rings. The van der Waals surface area contributed by atoms with Crippen LogP contribution in [0.5, 0.6) is 5.88 Å². The van der Waals surface area contributed by atoms with E-state index < -0.39 is 0 Å². The molecule has 1 aromatic heterocycles. The Bertz CT molecular complexity index is 480. The summed E-state index contributed by atoms with van der Waals surface area (Å²) in [7, 11) is 1.54. The van der Waals surface area contributed by atoms with Crippen LogP contribution in [-0.2, 0) is 4.74 Å². The molecule has 20 heavy (non-hydrogen) atoms. The van der Waals surface area contributed by atoms with Gasteiger partial charge in [-0.15, -0.1) is 10.2 Å². The lowest BCUT2D eigenvalue weighted by atomic mass is 9.81. The number of hydrogen-bond donors (Lipinski definition) is 0. The van der Waals surface area contributed by atoms with Gasteiger partial charge in [0.05, 0.1) is 12.7 Å². The number of ether oxygens (including phenoxy) is 2. The second-order valence-corrected chi connectivity index (χ2v) is 5.75. The number of hydrogen-bond acceptors (Lipinski definition) is 5. The van der Waals surface area contributed by atoms with Gasteiger partial charge in [0, 0.05) is 18.6 Å². The average Bonchev–Trinajstić information content (AvgIpc) is 2.94. The Morgan fingerprint density at radius 2 is 2.15 bits per heavy atom. The number of nitrogens with zero attached hydrogens (tertiary/aromatic N) is 2. The zero-order valence-electron chi connectivity index (χ0n) is 11.8. The summed E-state index contributed by atoms with van der Waals surface area (Å²) < 4.78 is 10.9. The standard InChI is InChI=1S/C15H20N2O3/c1-19-13-5-4-12(16-17-13)14(18)11-6-9-20-15(10-11)7-2-3-8-15/h4-5,11H,2-3,6-10H2,1H3. The second-order valence-electron chi connectivity index (χ2n) is 5.75. The Hall–Kier alpha value is -1.49. The predicted molar refractivity (Wildman–Crippen MR) is 72.8 cm³/mol. The van der Waals surface area contributed by atoms with Crippen LogP contribution in [0.1, 0.15) is 49.0 Å². The van der Waals surface area contributed by atoms with Gasteiger partial charge in [0.25, 0.3) is 0 Å². The van der Waals surface area contributed by atoms with E-state index >= 15 is 0 Å². The zero-order valence-corrected chi connectivity index (χ0v) is 11.8. The first kappa shape index (κ1) is 13.5. The van der Waals surface area contributed by atoms with Crippen molar-refractivity contribution in [3.05, 3.63) is 17.8 Å². The molecule has 1 unspecified atom stereocenters. The molecular formula is C15H20N2O3. The number of rotatable bonds is 3. The molecule has 5 nitrogen and oxygen atoms in total. The molecule has 108 valence electrons. The molecule has 0 bridgehead atoms. The van der Waals surface area contributed by atoms with Crippen molar-refractivity contribution in [1.29, 1.82) is 0 Å². The topological polar surface area (TPSA) is 61.3 Å². The molecule has 1 saturated carbocycles. The van der Waals surface area contributed by atoms with Crippen LogP contribution >= 0.6 is 0 Å². The summed E-state index contributed by atoms with van der Waals surface area (Å²) in [6.07, 6.45) is 6.22. The Morgan fingerprint density at radius 1 is 1.35 bits per heavy atom. The highest BCUT2D eigenvalue weighted by atomic mass is 16.5. The third-order valence-electron chi connectivity index (χ3n) is 4.48. The van der Waals surface area contributed by atoms with E-state index in [9.17, 15) is 4.79 Å². The minimum absolute atomic E-state index is 0.0181. The molecule has 3 rings (SSSR count). The SMILES string of the molecule is COc1ccc(C(=O)C2CCOC3(CCCC3)C2)nn1. The van der Waals surface area contributed by atoms with E-state index in [1.54, 1.807) is 12.1 Å². The molecule has 0 radical (unpaired) electrons. The first-order chi connectivity index (χ1) is 9.72. The van der Waals surface area contributed by atoms with E-state index in [0.717, 1.165) is 25.7 Å². The van der Waals surface area contributed by atoms with Crippen molar-refractivity contribution in [1.82, 2.24) is 10.2 Å². The number of aromatic nitrogens is 2. The van der Waals surface area contributed by atoms with E-state index in [1.807, 2.05) is 0 Å². The van der Waals surface area contributed by atoms with Gasteiger partial charge in [-0.3, -0.25) is 4.79 Å². The zero-order chi connectivity index (χ0) is 14.0. The molecule has 0 aromatic carbocycles. The lowest BCUT2D eigenvalue weighted by Gasteiger charge is -2.37. The van der Waals surface area contributed by atoms with E-state index in [0.29, 0.717) is 18.2 Å². The summed E-state index contributed by atoms with van der Waals surface area (Å²) in [6, 6.07) is 3.38. The number of Topliss-reactive ketones (excluding diaryl/α,β-unsaturated/α-hetero) is 1. The normalized spacial score (nSPS) is 24.8. The lowest BCUT2D eigenvalue weighted by Crippen LogP contribution is -2.40. The van der Waals surface area contributed by atoms with Crippen molar-refractivity contribution in [2.24, 2.45) is 5.92 Å². The van der Waals surface area contributed by atoms with Crippen molar-refractivity contribution >= 4 is 5.78 Å². The summed E-state index contributed by atoms with van der Waals surface area (Å²) in [5.41, 5.74) is 0.393. The fourth-order valence-corrected chi connectivity index (χ4v) is 3.39. The maximum Gasteiger partial charge on any atom is 0.233 e. The van der Waals surface area contributed by atoms with E-state index in [-0.39, 0.29) is 17.3 Å². The first-order valence-corrected chi connectivity index (χ1v) is 7.28.